The average Bonchev–Trinajstić information content (AvgIpc) is 2.95. The summed E-state index contributed by atoms with van der Waals surface area (Å²) in [5.74, 6) is -0.779. The van der Waals surface area contributed by atoms with Gasteiger partial charge in [-0.15, -0.1) is 0 Å². The summed E-state index contributed by atoms with van der Waals surface area (Å²) < 4.78 is 10.1. The maximum Gasteiger partial charge on any atom is 0.314 e. The zero-order chi connectivity index (χ0) is 14.2. The first kappa shape index (κ1) is 12.2. The average molecular weight is 274 g/mol. The fourth-order valence-corrected chi connectivity index (χ4v) is 5.89. The molecule has 0 aliphatic heterocycles. The molecule has 0 amide bonds. The van der Waals surface area contributed by atoms with Gasteiger partial charge in [0.15, 0.2) is 0 Å². The van der Waals surface area contributed by atoms with E-state index in [1.54, 1.807) is 0 Å². The maximum atomic E-state index is 12.7. The van der Waals surface area contributed by atoms with Gasteiger partial charge in [-0.1, -0.05) is 24.3 Å². The van der Waals surface area contributed by atoms with Crippen molar-refractivity contribution in [2.75, 3.05) is 14.2 Å². The van der Waals surface area contributed by atoms with E-state index in [0.29, 0.717) is 0 Å². The minimum Gasteiger partial charge on any atom is -0.469 e. The monoisotopic (exact) mass is 274 g/mol. The molecule has 4 nitrogen and oxygen atoms in total. The normalized spacial score (nSPS) is 49.5. The van der Waals surface area contributed by atoms with Crippen LogP contribution in [0.15, 0.2) is 24.3 Å². The van der Waals surface area contributed by atoms with E-state index in [-0.39, 0.29) is 34.6 Å². The van der Waals surface area contributed by atoms with Crippen LogP contribution < -0.4 is 0 Å². The van der Waals surface area contributed by atoms with E-state index >= 15 is 0 Å². The summed E-state index contributed by atoms with van der Waals surface area (Å²) in [5, 5.41) is 0. The Kier molecular flexibility index (Phi) is 2.04. The lowest BCUT2D eigenvalue weighted by atomic mass is 9.67. The van der Waals surface area contributed by atoms with Crippen LogP contribution in [0.2, 0.25) is 0 Å². The molecule has 5 aliphatic carbocycles. The predicted molar refractivity (Wildman–Crippen MR) is 70.4 cm³/mol. The molecule has 0 radical (unpaired) electrons. The molecule has 0 aromatic heterocycles. The van der Waals surface area contributed by atoms with Gasteiger partial charge >= 0.3 is 11.9 Å². The van der Waals surface area contributed by atoms with Gasteiger partial charge < -0.3 is 9.47 Å². The van der Waals surface area contributed by atoms with Crippen LogP contribution in [-0.4, -0.2) is 26.2 Å². The highest BCUT2D eigenvalue weighted by Gasteiger charge is 2.96. The number of rotatable bonds is 2. The summed E-state index contributed by atoms with van der Waals surface area (Å²) in [6.45, 7) is 0. The van der Waals surface area contributed by atoms with E-state index in [4.69, 9.17) is 9.47 Å². The van der Waals surface area contributed by atoms with Crippen LogP contribution in [-0.2, 0) is 19.1 Å². The third-order valence-electron chi connectivity index (χ3n) is 6.39. The number of hydrogen-bond donors (Lipinski definition) is 0. The summed E-state index contributed by atoms with van der Waals surface area (Å²) in [4.78, 5) is 25.0. The zero-order valence-electron chi connectivity index (χ0n) is 11.7. The molecule has 5 unspecified atom stereocenters. The fraction of sp³-hybridized carbons (Fsp3) is 0.625. The zero-order valence-corrected chi connectivity index (χ0v) is 11.7. The summed E-state index contributed by atoms with van der Waals surface area (Å²) >= 11 is 0. The SMILES string of the molecule is COC(=O)C1C2C=CC34CC=CCC3(C2)C14C(=O)OC. The number of methoxy groups -OCH3 is 2. The molecule has 0 aromatic rings. The van der Waals surface area contributed by atoms with Crippen LogP contribution in [0.25, 0.3) is 0 Å². The second-order valence-corrected chi connectivity index (χ2v) is 6.46. The Morgan fingerprint density at radius 3 is 2.55 bits per heavy atom. The van der Waals surface area contributed by atoms with Crippen molar-refractivity contribution in [3.8, 4) is 0 Å². The molecule has 2 spiro atoms. The molecule has 106 valence electrons. The van der Waals surface area contributed by atoms with Crippen LogP contribution in [0.4, 0.5) is 0 Å². The van der Waals surface area contributed by atoms with E-state index in [9.17, 15) is 9.59 Å². The molecule has 0 aromatic carbocycles. The molecule has 4 bridgehead atoms. The standard InChI is InChI=1S/C16H18O4/c1-19-12(17)11-10-5-8-14-6-3-4-7-15(14,9-10)16(11,14)13(18)20-2/h3-5,8,10-11H,6-7,9H2,1-2H3. The Morgan fingerprint density at radius 1 is 1.15 bits per heavy atom. The lowest BCUT2D eigenvalue weighted by Gasteiger charge is -2.36. The fourth-order valence-electron chi connectivity index (χ4n) is 5.89. The summed E-state index contributed by atoms with van der Waals surface area (Å²) in [6, 6.07) is 0. The number of ether oxygens (including phenoxy) is 2. The molecule has 2 saturated carbocycles. The van der Waals surface area contributed by atoms with Crippen LogP contribution in [0.3, 0.4) is 0 Å². The van der Waals surface area contributed by atoms with Crippen molar-refractivity contribution in [1.29, 1.82) is 0 Å². The lowest BCUT2D eigenvalue weighted by molar-refractivity contribution is -0.162. The second-order valence-electron chi connectivity index (χ2n) is 6.46. The molecule has 0 saturated heterocycles. The maximum absolute atomic E-state index is 12.7. The lowest BCUT2D eigenvalue weighted by Crippen LogP contribution is -2.41. The van der Waals surface area contributed by atoms with Crippen molar-refractivity contribution in [1.82, 2.24) is 0 Å². The number of carbonyl (C=O) groups excluding carboxylic acids is 2. The molecule has 0 N–H and O–H groups in total. The number of hydrogen-bond acceptors (Lipinski definition) is 4. The van der Waals surface area contributed by atoms with E-state index in [1.807, 2.05) is 0 Å². The highest BCUT2D eigenvalue weighted by atomic mass is 16.5. The largest absolute Gasteiger partial charge is 0.469 e. The van der Waals surface area contributed by atoms with Gasteiger partial charge in [0.1, 0.15) is 0 Å². The highest BCUT2D eigenvalue weighted by Crippen LogP contribution is 2.94. The first-order valence-electron chi connectivity index (χ1n) is 7.12. The minimum atomic E-state index is -0.704. The van der Waals surface area contributed by atoms with Gasteiger partial charge in [-0.3, -0.25) is 9.59 Å². The van der Waals surface area contributed by atoms with E-state index in [1.165, 1.54) is 14.2 Å². The first-order chi connectivity index (χ1) is 9.61. The first-order valence-corrected chi connectivity index (χ1v) is 7.12. The van der Waals surface area contributed by atoms with E-state index in [0.717, 1.165) is 19.3 Å². The number of esters is 2. The summed E-state index contributed by atoms with van der Waals surface area (Å²) in [5.41, 5.74) is -1.06. The number of allylic oxidation sites excluding steroid dienone is 4. The summed E-state index contributed by atoms with van der Waals surface area (Å²) in [7, 11) is 2.82. The molecule has 4 heteroatoms. The van der Waals surface area contributed by atoms with Crippen LogP contribution in [0.1, 0.15) is 19.3 Å². The van der Waals surface area contributed by atoms with Gasteiger partial charge in [-0.05, 0) is 25.2 Å². The van der Waals surface area contributed by atoms with Crippen molar-refractivity contribution < 1.29 is 19.1 Å². The third kappa shape index (κ3) is 0.859. The van der Waals surface area contributed by atoms with Crippen molar-refractivity contribution in [3.63, 3.8) is 0 Å². The van der Waals surface area contributed by atoms with Crippen LogP contribution >= 0.6 is 0 Å². The Morgan fingerprint density at radius 2 is 1.90 bits per heavy atom. The topological polar surface area (TPSA) is 52.6 Å². The van der Waals surface area contributed by atoms with Crippen molar-refractivity contribution in [2.24, 2.45) is 28.1 Å². The summed E-state index contributed by atoms with van der Waals surface area (Å²) in [6.07, 6.45) is 11.2. The molecule has 5 atom stereocenters. The molecule has 5 rings (SSSR count). The van der Waals surface area contributed by atoms with Crippen LogP contribution in [0.5, 0.6) is 0 Å². The van der Waals surface area contributed by atoms with Crippen molar-refractivity contribution in [2.45, 2.75) is 19.3 Å². The minimum absolute atomic E-state index is 0.106. The Balaban J connectivity index is 1.93. The second kappa shape index (κ2) is 3.35. The van der Waals surface area contributed by atoms with Crippen LogP contribution in [0, 0.1) is 28.1 Å². The van der Waals surface area contributed by atoms with Gasteiger partial charge in [0.05, 0.1) is 25.6 Å². The molecular formula is C16H18O4. The molecule has 2 fully saturated rings. The predicted octanol–water partition coefficient (Wildman–Crippen LogP) is 1.86. The number of carbonyl (C=O) groups is 2. The van der Waals surface area contributed by atoms with Crippen molar-refractivity contribution in [3.05, 3.63) is 24.3 Å². The molecule has 5 aliphatic rings. The Bertz CT molecular complexity index is 577. The van der Waals surface area contributed by atoms with Gasteiger partial charge in [-0.25, -0.2) is 0 Å². The molecule has 20 heavy (non-hydrogen) atoms. The van der Waals surface area contributed by atoms with Gasteiger partial charge in [-0.2, -0.15) is 0 Å². The van der Waals surface area contributed by atoms with Gasteiger partial charge in [0, 0.05) is 10.8 Å². The quantitative estimate of drug-likeness (QED) is 0.570. The smallest absolute Gasteiger partial charge is 0.314 e. The van der Waals surface area contributed by atoms with Gasteiger partial charge in [0.25, 0.3) is 0 Å². The Hall–Kier alpha value is -1.58. The Labute approximate surface area is 117 Å². The van der Waals surface area contributed by atoms with E-state index in [2.05, 4.69) is 24.3 Å². The van der Waals surface area contributed by atoms with Gasteiger partial charge in [0.2, 0.25) is 0 Å². The molecule has 0 heterocycles. The third-order valence-corrected chi connectivity index (χ3v) is 6.39. The van der Waals surface area contributed by atoms with Crippen molar-refractivity contribution >= 4 is 11.9 Å². The molecular weight excluding hydrogens is 256 g/mol. The van der Waals surface area contributed by atoms with E-state index < -0.39 is 5.41 Å². The highest BCUT2D eigenvalue weighted by molar-refractivity contribution is 5.95.